The molecule has 1 aromatic carbocycles. The van der Waals surface area contributed by atoms with Crippen molar-refractivity contribution in [2.24, 2.45) is 0 Å². The minimum Gasteiger partial charge on any atom is -0.484 e. The van der Waals surface area contributed by atoms with E-state index in [-0.39, 0.29) is 12.5 Å². The summed E-state index contributed by atoms with van der Waals surface area (Å²) in [5.41, 5.74) is 1.20. The second-order valence-electron chi connectivity index (χ2n) is 4.10. The predicted molar refractivity (Wildman–Crippen MR) is 70.9 cm³/mol. The number of carbonyl (C=O) groups excluding carboxylic acids is 2. The Bertz CT molecular complexity index is 428. The SMILES string of the molecule is CCc1ccc(OCC(=O)NC(C)C(=O)OC)cc1. The highest BCUT2D eigenvalue weighted by atomic mass is 16.5. The zero-order valence-electron chi connectivity index (χ0n) is 11.4. The minimum atomic E-state index is -0.677. The molecule has 1 atom stereocenters. The van der Waals surface area contributed by atoms with Gasteiger partial charge in [-0.3, -0.25) is 4.79 Å². The molecule has 0 radical (unpaired) electrons. The van der Waals surface area contributed by atoms with E-state index in [2.05, 4.69) is 17.0 Å². The molecule has 0 heterocycles. The maximum Gasteiger partial charge on any atom is 0.328 e. The summed E-state index contributed by atoms with van der Waals surface area (Å²) in [5, 5.41) is 2.48. The van der Waals surface area contributed by atoms with Crippen molar-refractivity contribution in [3.05, 3.63) is 29.8 Å². The van der Waals surface area contributed by atoms with Crippen molar-refractivity contribution < 1.29 is 19.1 Å². The van der Waals surface area contributed by atoms with Crippen LogP contribution in [0, 0.1) is 0 Å². The van der Waals surface area contributed by atoms with Gasteiger partial charge in [0.05, 0.1) is 7.11 Å². The van der Waals surface area contributed by atoms with Crippen LogP contribution in [0.25, 0.3) is 0 Å². The van der Waals surface area contributed by atoms with E-state index >= 15 is 0 Å². The van der Waals surface area contributed by atoms with Gasteiger partial charge in [-0.2, -0.15) is 0 Å². The van der Waals surface area contributed by atoms with Crippen molar-refractivity contribution in [1.82, 2.24) is 5.32 Å². The molecule has 0 spiro atoms. The lowest BCUT2D eigenvalue weighted by Crippen LogP contribution is -2.41. The van der Waals surface area contributed by atoms with Crippen LogP contribution in [0.2, 0.25) is 0 Å². The second-order valence-corrected chi connectivity index (χ2v) is 4.10. The summed E-state index contributed by atoms with van der Waals surface area (Å²) in [6.45, 7) is 3.49. The smallest absolute Gasteiger partial charge is 0.328 e. The fourth-order valence-corrected chi connectivity index (χ4v) is 1.49. The van der Waals surface area contributed by atoms with E-state index in [1.807, 2.05) is 24.3 Å². The predicted octanol–water partition coefficient (Wildman–Crippen LogP) is 1.31. The quantitative estimate of drug-likeness (QED) is 0.788. The lowest BCUT2D eigenvalue weighted by atomic mass is 10.2. The fraction of sp³-hybridized carbons (Fsp3) is 0.429. The summed E-state index contributed by atoms with van der Waals surface area (Å²) in [5.74, 6) is -0.226. The summed E-state index contributed by atoms with van der Waals surface area (Å²) in [6, 6.07) is 6.85. The van der Waals surface area contributed by atoms with Crippen LogP contribution in [0.4, 0.5) is 0 Å². The molecule has 1 unspecified atom stereocenters. The Morgan fingerprint density at radius 1 is 1.26 bits per heavy atom. The first-order valence-corrected chi connectivity index (χ1v) is 6.15. The number of hydrogen-bond donors (Lipinski definition) is 1. The standard InChI is InChI=1S/C14H19NO4/c1-4-11-5-7-12(8-6-11)19-9-13(16)15-10(2)14(17)18-3/h5-8,10H,4,9H2,1-3H3,(H,15,16). The molecular weight excluding hydrogens is 246 g/mol. The van der Waals surface area contributed by atoms with E-state index in [4.69, 9.17) is 4.74 Å². The van der Waals surface area contributed by atoms with E-state index in [1.165, 1.54) is 12.7 Å². The number of amides is 1. The number of methoxy groups -OCH3 is 1. The highest BCUT2D eigenvalue weighted by Gasteiger charge is 2.15. The molecule has 1 N–H and O–H groups in total. The highest BCUT2D eigenvalue weighted by Crippen LogP contribution is 2.12. The molecule has 0 fully saturated rings. The summed E-state index contributed by atoms with van der Waals surface area (Å²) >= 11 is 0. The van der Waals surface area contributed by atoms with Crippen molar-refractivity contribution in [2.45, 2.75) is 26.3 Å². The van der Waals surface area contributed by atoms with E-state index in [0.717, 1.165) is 6.42 Å². The van der Waals surface area contributed by atoms with E-state index < -0.39 is 12.0 Å². The third-order valence-corrected chi connectivity index (χ3v) is 2.63. The van der Waals surface area contributed by atoms with Crippen molar-refractivity contribution in [3.63, 3.8) is 0 Å². The van der Waals surface area contributed by atoms with Gasteiger partial charge in [-0.15, -0.1) is 0 Å². The first-order chi connectivity index (χ1) is 9.06. The Balaban J connectivity index is 2.39. The molecule has 0 aliphatic carbocycles. The Morgan fingerprint density at radius 3 is 2.42 bits per heavy atom. The average molecular weight is 265 g/mol. The highest BCUT2D eigenvalue weighted by molar-refractivity contribution is 5.84. The van der Waals surface area contributed by atoms with Crippen molar-refractivity contribution in [1.29, 1.82) is 0 Å². The maximum absolute atomic E-state index is 11.5. The first kappa shape index (κ1) is 15.0. The molecule has 104 valence electrons. The van der Waals surface area contributed by atoms with Gasteiger partial charge in [0.15, 0.2) is 6.61 Å². The van der Waals surface area contributed by atoms with E-state index in [1.54, 1.807) is 6.92 Å². The Hall–Kier alpha value is -2.04. The normalized spacial score (nSPS) is 11.5. The average Bonchev–Trinajstić information content (AvgIpc) is 2.44. The van der Waals surface area contributed by atoms with Crippen LogP contribution in [0.15, 0.2) is 24.3 Å². The van der Waals surface area contributed by atoms with Gasteiger partial charge in [0.1, 0.15) is 11.8 Å². The Labute approximate surface area is 112 Å². The van der Waals surface area contributed by atoms with Gasteiger partial charge in [-0.1, -0.05) is 19.1 Å². The first-order valence-electron chi connectivity index (χ1n) is 6.15. The fourth-order valence-electron chi connectivity index (χ4n) is 1.49. The molecule has 1 aromatic rings. The lowest BCUT2D eigenvalue weighted by molar-refractivity contribution is -0.144. The molecule has 0 aliphatic heterocycles. The molecule has 19 heavy (non-hydrogen) atoms. The van der Waals surface area contributed by atoms with Crippen LogP contribution in [0.3, 0.4) is 0 Å². The Kier molecular flexibility index (Phi) is 5.85. The molecule has 0 saturated carbocycles. The summed E-state index contributed by atoms with van der Waals surface area (Å²) < 4.78 is 9.82. The Morgan fingerprint density at radius 2 is 1.89 bits per heavy atom. The molecule has 0 aromatic heterocycles. The summed E-state index contributed by atoms with van der Waals surface area (Å²) in [7, 11) is 1.27. The van der Waals surface area contributed by atoms with Crippen LogP contribution in [-0.4, -0.2) is 31.6 Å². The summed E-state index contributed by atoms with van der Waals surface area (Å²) in [4.78, 5) is 22.6. The number of ether oxygens (including phenoxy) is 2. The lowest BCUT2D eigenvalue weighted by Gasteiger charge is -2.12. The third kappa shape index (κ3) is 4.99. The van der Waals surface area contributed by atoms with Gasteiger partial charge in [0, 0.05) is 0 Å². The zero-order chi connectivity index (χ0) is 14.3. The van der Waals surface area contributed by atoms with Gasteiger partial charge in [0.2, 0.25) is 0 Å². The number of carbonyl (C=O) groups is 2. The van der Waals surface area contributed by atoms with Crippen molar-refractivity contribution in [3.8, 4) is 5.75 Å². The number of nitrogens with one attached hydrogen (secondary N) is 1. The molecule has 0 aliphatic rings. The summed E-state index contributed by atoms with van der Waals surface area (Å²) in [6.07, 6.45) is 0.956. The molecule has 0 bridgehead atoms. The van der Waals surface area contributed by atoms with E-state index in [0.29, 0.717) is 5.75 Å². The van der Waals surface area contributed by atoms with Crippen molar-refractivity contribution >= 4 is 11.9 Å². The number of rotatable bonds is 6. The molecule has 1 rings (SSSR count). The zero-order valence-corrected chi connectivity index (χ0v) is 11.4. The van der Waals surface area contributed by atoms with Gasteiger partial charge >= 0.3 is 5.97 Å². The van der Waals surface area contributed by atoms with Gasteiger partial charge in [-0.25, -0.2) is 4.79 Å². The number of esters is 1. The second kappa shape index (κ2) is 7.41. The van der Waals surface area contributed by atoms with Gasteiger partial charge < -0.3 is 14.8 Å². The molecular formula is C14H19NO4. The van der Waals surface area contributed by atoms with Crippen LogP contribution in [-0.2, 0) is 20.7 Å². The van der Waals surface area contributed by atoms with Gasteiger partial charge in [-0.05, 0) is 31.0 Å². The largest absolute Gasteiger partial charge is 0.484 e. The minimum absolute atomic E-state index is 0.132. The monoisotopic (exact) mass is 265 g/mol. The number of aryl methyl sites for hydroxylation is 1. The van der Waals surface area contributed by atoms with Crippen LogP contribution in [0.5, 0.6) is 5.75 Å². The molecule has 1 amide bonds. The van der Waals surface area contributed by atoms with Crippen LogP contribution in [0.1, 0.15) is 19.4 Å². The topological polar surface area (TPSA) is 64.6 Å². The van der Waals surface area contributed by atoms with Crippen LogP contribution >= 0.6 is 0 Å². The molecule has 0 saturated heterocycles. The van der Waals surface area contributed by atoms with Crippen molar-refractivity contribution in [2.75, 3.05) is 13.7 Å². The molecule has 5 heteroatoms. The maximum atomic E-state index is 11.5. The molecule has 5 nitrogen and oxygen atoms in total. The van der Waals surface area contributed by atoms with Gasteiger partial charge in [0.25, 0.3) is 5.91 Å². The number of benzene rings is 1. The van der Waals surface area contributed by atoms with E-state index in [9.17, 15) is 9.59 Å². The number of hydrogen-bond acceptors (Lipinski definition) is 4. The third-order valence-electron chi connectivity index (χ3n) is 2.63. The van der Waals surface area contributed by atoms with Crippen LogP contribution < -0.4 is 10.1 Å².